The molecule has 3 aliphatic heterocycles. The molecule has 2 bridgehead atoms. The number of carbonyl (C=O) groups excluding carboxylic acids is 5. The van der Waals surface area contributed by atoms with E-state index in [1.54, 1.807) is 31.2 Å². The lowest BCUT2D eigenvalue weighted by Crippen LogP contribution is -2.44. The van der Waals surface area contributed by atoms with Gasteiger partial charge in [-0.05, 0) is 199 Å². The van der Waals surface area contributed by atoms with Gasteiger partial charge in [0.05, 0.1) is 44.6 Å². The molecule has 0 aromatic heterocycles. The Kier molecular flexibility index (Phi) is 25.6. The van der Waals surface area contributed by atoms with Crippen LogP contribution >= 0.6 is 0 Å². The molecule has 1 aliphatic carbocycles. The third-order valence-corrected chi connectivity index (χ3v) is 19.8. The molecule has 9 rings (SSSR count). The van der Waals surface area contributed by atoms with Crippen LogP contribution in [0.2, 0.25) is 0 Å². The number of aromatic hydroxyl groups is 1. The minimum atomic E-state index is -5.86. The van der Waals surface area contributed by atoms with Crippen LogP contribution in [-0.4, -0.2) is 95.4 Å². The molecule has 3 heterocycles. The molecule has 5 aromatic carbocycles. The normalized spacial score (nSPS) is 19.4. The Labute approximate surface area is 539 Å². The van der Waals surface area contributed by atoms with E-state index in [-0.39, 0.29) is 70.4 Å². The maximum atomic E-state index is 13.0. The number of benzene rings is 5. The van der Waals surface area contributed by atoms with Gasteiger partial charge in [-0.25, -0.2) is 8.42 Å². The summed E-state index contributed by atoms with van der Waals surface area (Å²) < 4.78 is 94.3. The minimum Gasteiger partial charge on any atom is -0.743 e. The molecule has 91 heavy (non-hydrogen) atoms. The molecule has 3 saturated heterocycles. The highest BCUT2D eigenvalue weighted by Gasteiger charge is 2.65. The summed E-state index contributed by atoms with van der Waals surface area (Å²) in [5, 5.41) is 4.79. The van der Waals surface area contributed by atoms with Crippen molar-refractivity contribution >= 4 is 50.9 Å². The van der Waals surface area contributed by atoms with E-state index in [4.69, 9.17) is 28.4 Å². The summed E-state index contributed by atoms with van der Waals surface area (Å²) in [7, 11) is -5.87. The zero-order valence-electron chi connectivity index (χ0n) is 55.3. The zero-order valence-corrected chi connectivity index (χ0v) is 57.0. The first kappa shape index (κ1) is 74.9. The second kappa shape index (κ2) is 31.2. The van der Waals surface area contributed by atoms with Crippen LogP contribution in [0.25, 0.3) is 0 Å². The Morgan fingerprint density at radius 3 is 1.48 bits per heavy atom. The number of ether oxygens (including phenoxy) is 7. The predicted octanol–water partition coefficient (Wildman–Crippen LogP) is 14.4. The van der Waals surface area contributed by atoms with Crippen LogP contribution in [0.1, 0.15) is 154 Å². The van der Waals surface area contributed by atoms with Gasteiger partial charge in [-0.15, -0.1) is 0 Å². The summed E-state index contributed by atoms with van der Waals surface area (Å²) in [6.07, 6.45) is 1.04. The van der Waals surface area contributed by atoms with Gasteiger partial charge < -0.3 is 42.8 Å². The van der Waals surface area contributed by atoms with Crippen LogP contribution < -0.4 is 9.47 Å². The number of phenols is 1. The molecular formula is C71H92F2O16S2. The summed E-state index contributed by atoms with van der Waals surface area (Å²) in [5.74, 6) is -0.327. The van der Waals surface area contributed by atoms with Gasteiger partial charge in [0.25, 0.3) is 0 Å². The molecule has 20 heteroatoms. The fraction of sp³-hybridized carbons (Fsp3) is 0.507. The van der Waals surface area contributed by atoms with Crippen molar-refractivity contribution in [2.75, 3.05) is 0 Å². The topological polar surface area (TPSA) is 227 Å². The van der Waals surface area contributed by atoms with E-state index in [0.717, 1.165) is 30.6 Å². The Morgan fingerprint density at radius 2 is 1.03 bits per heavy atom. The molecule has 4 aliphatic rings. The number of rotatable bonds is 18. The number of hydrogen-bond donors (Lipinski definition) is 1. The molecule has 7 unspecified atom stereocenters. The SMILES string of the molecule is CCC(C)(C)C(=O)OC(C)C(F)(F)S(=O)(=O)[O-].CCC(C)(C)C(=O)OC1C2CC3C(=O)OC1C3O2.CCC(C)(C)C(=O)OC1Cc2ccc(O)cc2C1.CCC(C)(C)C(=O)Oc1ccc(OC(C)(C)C)cc1.c1ccc([S+](c2ccccc2)c2ccccc2)cc1. The van der Waals surface area contributed by atoms with Gasteiger partial charge in [0.15, 0.2) is 43.1 Å². The number of fused-ring (bicyclic) bond motifs is 2. The van der Waals surface area contributed by atoms with E-state index < -0.39 is 61.3 Å². The molecule has 3 fully saturated rings. The smallest absolute Gasteiger partial charge is 0.369 e. The van der Waals surface area contributed by atoms with Gasteiger partial charge in [0, 0.05) is 12.8 Å². The fourth-order valence-electron chi connectivity index (χ4n) is 9.05. The third-order valence-electron chi connectivity index (χ3n) is 16.6. The maximum Gasteiger partial charge on any atom is 0.369 e. The Hall–Kier alpha value is -6.87. The van der Waals surface area contributed by atoms with E-state index in [2.05, 4.69) is 95.7 Å². The van der Waals surface area contributed by atoms with Crippen molar-refractivity contribution in [2.24, 2.45) is 27.6 Å². The number of esters is 5. The first-order chi connectivity index (χ1) is 42.3. The van der Waals surface area contributed by atoms with Gasteiger partial charge in [-0.2, -0.15) is 8.78 Å². The van der Waals surface area contributed by atoms with Gasteiger partial charge in [-0.1, -0.05) is 88.4 Å². The van der Waals surface area contributed by atoms with Crippen LogP contribution in [0, 0.1) is 27.6 Å². The summed E-state index contributed by atoms with van der Waals surface area (Å²) in [6, 6.07) is 44.6. The average molecular weight is 1300 g/mol. The lowest BCUT2D eigenvalue weighted by atomic mass is 9.87. The quantitative estimate of drug-likeness (QED) is 0.0283. The molecule has 1 N–H and O–H groups in total. The van der Waals surface area contributed by atoms with E-state index in [1.807, 2.05) is 101 Å². The fourth-order valence-corrected chi connectivity index (χ4v) is 11.6. The number of hydrogen-bond acceptors (Lipinski definition) is 16. The lowest BCUT2D eigenvalue weighted by Gasteiger charge is -2.29. The highest BCUT2D eigenvalue weighted by Crippen LogP contribution is 2.48. The number of halogens is 2. The molecule has 498 valence electrons. The van der Waals surface area contributed by atoms with Crippen molar-refractivity contribution in [1.82, 2.24) is 0 Å². The molecule has 0 saturated carbocycles. The highest BCUT2D eigenvalue weighted by atomic mass is 32.2. The molecule has 16 nitrogen and oxygen atoms in total. The van der Waals surface area contributed by atoms with Crippen molar-refractivity contribution < 1.29 is 84.0 Å². The molecule has 7 atom stereocenters. The number of carbonyl (C=O) groups is 5. The third kappa shape index (κ3) is 20.3. The van der Waals surface area contributed by atoms with Crippen LogP contribution in [0.3, 0.4) is 0 Å². The van der Waals surface area contributed by atoms with E-state index >= 15 is 0 Å². The van der Waals surface area contributed by atoms with Gasteiger partial charge >= 0.3 is 35.1 Å². The minimum absolute atomic E-state index is 0.0146. The summed E-state index contributed by atoms with van der Waals surface area (Å²) >= 11 is 0. The van der Waals surface area contributed by atoms with E-state index in [1.165, 1.54) is 34.1 Å². The van der Waals surface area contributed by atoms with Crippen LogP contribution in [-0.2, 0) is 81.5 Å². The van der Waals surface area contributed by atoms with Gasteiger partial charge in [0.1, 0.15) is 35.1 Å². The predicted molar refractivity (Wildman–Crippen MR) is 342 cm³/mol. The monoisotopic (exact) mass is 1300 g/mol. The Bertz CT molecular complexity index is 3240. The summed E-state index contributed by atoms with van der Waals surface area (Å²) in [5.41, 5.74) is -0.386. The zero-order chi connectivity index (χ0) is 68.1. The molecule has 5 aromatic rings. The average Bonchev–Trinajstić information content (AvgIpc) is 1.60. The van der Waals surface area contributed by atoms with Crippen molar-refractivity contribution in [3.8, 4) is 17.2 Å². The largest absolute Gasteiger partial charge is 0.743 e. The van der Waals surface area contributed by atoms with Crippen molar-refractivity contribution in [3.63, 3.8) is 0 Å². The molecule has 0 amide bonds. The maximum absolute atomic E-state index is 13.0. The van der Waals surface area contributed by atoms with Crippen LogP contribution in [0.4, 0.5) is 8.78 Å². The molecule has 0 spiro atoms. The summed E-state index contributed by atoms with van der Waals surface area (Å²) in [6.45, 7) is 28.4. The number of phenolic OH excluding ortho intramolecular Hbond substituents is 1. The highest BCUT2D eigenvalue weighted by molar-refractivity contribution is 7.97. The van der Waals surface area contributed by atoms with Crippen LogP contribution in [0.15, 0.2) is 148 Å². The van der Waals surface area contributed by atoms with Gasteiger partial charge in [-0.3, -0.25) is 24.0 Å². The van der Waals surface area contributed by atoms with Crippen LogP contribution in [0.5, 0.6) is 17.2 Å². The van der Waals surface area contributed by atoms with Gasteiger partial charge in [0.2, 0.25) is 0 Å². The molecule has 0 radical (unpaired) electrons. The second-order valence-electron chi connectivity index (χ2n) is 26.5. The Balaban J connectivity index is 0.000000207. The molecular weight excluding hydrogens is 1210 g/mol. The second-order valence-corrected chi connectivity index (χ2v) is 30.0. The van der Waals surface area contributed by atoms with E-state index in [9.17, 15) is 50.8 Å². The summed E-state index contributed by atoms with van der Waals surface area (Å²) in [4.78, 5) is 63.0. The van der Waals surface area contributed by atoms with Crippen molar-refractivity contribution in [2.45, 2.75) is 218 Å². The van der Waals surface area contributed by atoms with Crippen molar-refractivity contribution in [3.05, 3.63) is 145 Å². The first-order valence-electron chi connectivity index (χ1n) is 30.8. The first-order valence-corrected chi connectivity index (χ1v) is 33.5. The lowest BCUT2D eigenvalue weighted by molar-refractivity contribution is -0.170. The van der Waals surface area contributed by atoms with E-state index in [0.29, 0.717) is 38.4 Å². The number of alkyl halides is 2. The Morgan fingerprint density at radius 1 is 0.604 bits per heavy atom. The standard InChI is InChI=1S/C18H15S.C16H24O3.C15H20O3.C13H18O5.C9H16F2O5S/c1-4-10-16(11-5-1)19(17-12-6-2-7-13-17)18-14-8-3-9-15-18;1-7-16(5,6)14(17)18-12-8-10-13(11-9-12)19-15(2,3)4;1-4-15(2,3)14(17)18-13-8-10-5-6-12(16)7-11(10)9-13;1-4-13(2,3)12(15)18-9-7-5-6-8(16-7)10(9)17-11(6)14;1-5-8(3,4)7(12)16-6(2)9(10,11)17(13,14)15/h1-15H;8-11H,7H2,1-6H3;5-7,13,16H,4,8-9H2,1-3H3;6-10H,4-5H2,1-3H3;6H,5H2,1-4H3,(H,13,14,15)/q+1;;;;/p-1. The van der Waals surface area contributed by atoms with Crippen molar-refractivity contribution in [1.29, 1.82) is 0 Å².